The van der Waals surface area contributed by atoms with Crippen molar-refractivity contribution < 1.29 is 9.47 Å². The first kappa shape index (κ1) is 13.3. The Bertz CT molecular complexity index is 566. The van der Waals surface area contributed by atoms with Crippen LogP contribution in [-0.2, 0) is 9.47 Å². The molecule has 3 aliphatic rings. The number of fused-ring (bicyclic) bond motifs is 1. The Morgan fingerprint density at radius 2 is 1.67 bits per heavy atom. The molecule has 2 spiro atoms. The molecule has 2 heteroatoms. The van der Waals surface area contributed by atoms with Gasteiger partial charge in [-0.3, -0.25) is 0 Å². The maximum Gasteiger partial charge on any atom is 0.178 e. The lowest BCUT2D eigenvalue weighted by Crippen LogP contribution is -2.52. The second kappa shape index (κ2) is 5.11. The summed E-state index contributed by atoms with van der Waals surface area (Å²) >= 11 is 0. The minimum atomic E-state index is -0.405. The summed E-state index contributed by atoms with van der Waals surface area (Å²) in [6.07, 6.45) is 12.4. The number of ether oxygens (including phenoxy) is 2. The number of allylic oxidation sites excluding steroid dienone is 3. The Morgan fingerprint density at radius 1 is 0.905 bits per heavy atom. The molecule has 2 fully saturated rings. The molecule has 0 aromatic heterocycles. The van der Waals surface area contributed by atoms with E-state index >= 15 is 0 Å². The van der Waals surface area contributed by atoms with Crippen molar-refractivity contribution in [3.8, 4) is 0 Å². The molecule has 1 aromatic carbocycles. The lowest BCUT2D eigenvalue weighted by molar-refractivity contribution is -0.236. The van der Waals surface area contributed by atoms with Crippen LogP contribution >= 0.6 is 0 Å². The van der Waals surface area contributed by atoms with Crippen LogP contribution in [0.5, 0.6) is 0 Å². The third-order valence-electron chi connectivity index (χ3n) is 5.31. The van der Waals surface area contributed by atoms with Gasteiger partial charge in [0.1, 0.15) is 0 Å². The summed E-state index contributed by atoms with van der Waals surface area (Å²) in [6, 6.07) is 10.7. The molecule has 0 N–H and O–H groups in total. The maximum atomic E-state index is 6.23. The largest absolute Gasteiger partial charge is 0.347 e. The summed E-state index contributed by atoms with van der Waals surface area (Å²) in [7, 11) is 0. The number of hydrogen-bond acceptors (Lipinski definition) is 2. The second-order valence-electron chi connectivity index (χ2n) is 6.32. The van der Waals surface area contributed by atoms with Crippen LogP contribution in [0, 0.1) is 5.41 Å². The van der Waals surface area contributed by atoms with Gasteiger partial charge in [-0.2, -0.15) is 0 Å². The summed E-state index contributed by atoms with van der Waals surface area (Å²) in [6.45, 7) is 1.46. The summed E-state index contributed by atoms with van der Waals surface area (Å²) in [5.74, 6) is -0.405. The molecule has 1 atom stereocenters. The van der Waals surface area contributed by atoms with Gasteiger partial charge in [0.05, 0.1) is 18.6 Å². The summed E-state index contributed by atoms with van der Waals surface area (Å²) in [4.78, 5) is 0. The highest BCUT2D eigenvalue weighted by atomic mass is 16.7. The van der Waals surface area contributed by atoms with E-state index in [0.29, 0.717) is 0 Å². The zero-order chi connectivity index (χ0) is 14.2. The highest BCUT2D eigenvalue weighted by molar-refractivity contribution is 5.74. The van der Waals surface area contributed by atoms with Crippen LogP contribution in [0.1, 0.15) is 37.7 Å². The zero-order valence-electron chi connectivity index (χ0n) is 12.4. The Morgan fingerprint density at radius 3 is 2.48 bits per heavy atom. The minimum Gasteiger partial charge on any atom is -0.347 e. The summed E-state index contributed by atoms with van der Waals surface area (Å²) in [5, 5.41) is 0. The van der Waals surface area contributed by atoms with Gasteiger partial charge in [0.25, 0.3) is 0 Å². The van der Waals surface area contributed by atoms with Crippen LogP contribution in [0.4, 0.5) is 0 Å². The molecule has 1 aromatic rings. The Kier molecular flexibility index (Phi) is 3.24. The monoisotopic (exact) mass is 282 g/mol. The second-order valence-corrected chi connectivity index (χ2v) is 6.32. The highest BCUT2D eigenvalue weighted by Gasteiger charge is 2.58. The molecule has 0 bridgehead atoms. The van der Waals surface area contributed by atoms with Crippen molar-refractivity contribution in [1.29, 1.82) is 0 Å². The molecule has 2 aliphatic carbocycles. The Hall–Kier alpha value is -1.38. The van der Waals surface area contributed by atoms with Gasteiger partial charge in [-0.1, -0.05) is 55.0 Å². The number of rotatable bonds is 1. The first-order chi connectivity index (χ1) is 10.4. The van der Waals surface area contributed by atoms with Gasteiger partial charge >= 0.3 is 0 Å². The zero-order valence-corrected chi connectivity index (χ0v) is 12.4. The van der Waals surface area contributed by atoms with E-state index in [-0.39, 0.29) is 5.41 Å². The molecule has 1 saturated heterocycles. The maximum absolute atomic E-state index is 6.23. The lowest BCUT2D eigenvalue weighted by atomic mass is 9.60. The summed E-state index contributed by atoms with van der Waals surface area (Å²) in [5.41, 5.74) is 2.69. The fourth-order valence-corrected chi connectivity index (χ4v) is 4.38. The first-order valence-corrected chi connectivity index (χ1v) is 8.07. The predicted molar refractivity (Wildman–Crippen MR) is 83.7 cm³/mol. The van der Waals surface area contributed by atoms with E-state index in [4.69, 9.17) is 9.47 Å². The molecule has 21 heavy (non-hydrogen) atoms. The van der Waals surface area contributed by atoms with Crippen molar-refractivity contribution in [2.45, 2.75) is 37.9 Å². The fourth-order valence-electron chi connectivity index (χ4n) is 4.38. The molecule has 0 radical (unpaired) electrons. The fraction of sp³-hybridized carbons (Fsp3) is 0.474. The van der Waals surface area contributed by atoms with E-state index in [1.54, 1.807) is 0 Å². The average molecular weight is 282 g/mol. The molecule has 2 nitrogen and oxygen atoms in total. The molecular formula is C19H22O2. The lowest BCUT2D eigenvalue weighted by Gasteiger charge is -2.52. The minimum absolute atomic E-state index is 0.0160. The van der Waals surface area contributed by atoms with Crippen LogP contribution < -0.4 is 0 Å². The van der Waals surface area contributed by atoms with Crippen LogP contribution in [0.2, 0.25) is 0 Å². The highest BCUT2D eigenvalue weighted by Crippen LogP contribution is 2.59. The van der Waals surface area contributed by atoms with Gasteiger partial charge in [0.2, 0.25) is 0 Å². The Labute approximate surface area is 126 Å². The third-order valence-corrected chi connectivity index (χ3v) is 5.31. The van der Waals surface area contributed by atoms with Crippen LogP contribution in [-0.4, -0.2) is 19.0 Å². The third kappa shape index (κ3) is 1.93. The van der Waals surface area contributed by atoms with Gasteiger partial charge in [0.15, 0.2) is 5.79 Å². The SMILES string of the molecule is C1=CC[C@@]2(CCCCC23OCCO3)C(c2ccccc2)=C1. The normalized spacial score (nSPS) is 30.8. The Balaban J connectivity index is 1.84. The van der Waals surface area contributed by atoms with Crippen molar-refractivity contribution in [2.75, 3.05) is 13.2 Å². The molecule has 1 aliphatic heterocycles. The quantitative estimate of drug-likeness (QED) is 0.763. The van der Waals surface area contributed by atoms with E-state index in [9.17, 15) is 0 Å². The van der Waals surface area contributed by atoms with Gasteiger partial charge in [0, 0.05) is 6.42 Å². The first-order valence-electron chi connectivity index (χ1n) is 8.07. The average Bonchev–Trinajstić information content (AvgIpc) is 3.02. The summed E-state index contributed by atoms with van der Waals surface area (Å²) < 4.78 is 12.5. The molecule has 0 amide bonds. The standard InChI is InChI=1S/C19H22O2/c1-2-8-16(9-3-1)17-10-4-5-11-18(17)12-6-7-13-19(18)20-14-15-21-19/h1-5,8-10H,6-7,11-15H2/t18-/m1/s1. The predicted octanol–water partition coefficient (Wildman–Crippen LogP) is 4.33. The van der Waals surface area contributed by atoms with Gasteiger partial charge in [-0.15, -0.1) is 0 Å². The van der Waals surface area contributed by atoms with E-state index < -0.39 is 5.79 Å². The van der Waals surface area contributed by atoms with Crippen molar-refractivity contribution in [3.63, 3.8) is 0 Å². The van der Waals surface area contributed by atoms with E-state index in [1.165, 1.54) is 24.0 Å². The molecular weight excluding hydrogens is 260 g/mol. The van der Waals surface area contributed by atoms with Crippen LogP contribution in [0.3, 0.4) is 0 Å². The smallest absolute Gasteiger partial charge is 0.178 e. The molecule has 1 heterocycles. The van der Waals surface area contributed by atoms with E-state index in [0.717, 1.165) is 32.5 Å². The number of hydrogen-bond donors (Lipinski definition) is 0. The van der Waals surface area contributed by atoms with E-state index in [2.05, 4.69) is 48.6 Å². The van der Waals surface area contributed by atoms with Crippen molar-refractivity contribution in [2.24, 2.45) is 5.41 Å². The van der Waals surface area contributed by atoms with Gasteiger partial charge in [-0.05, 0) is 30.4 Å². The van der Waals surface area contributed by atoms with E-state index in [1.807, 2.05) is 0 Å². The number of benzene rings is 1. The van der Waals surface area contributed by atoms with Crippen molar-refractivity contribution in [1.82, 2.24) is 0 Å². The molecule has 0 unspecified atom stereocenters. The molecule has 110 valence electrons. The topological polar surface area (TPSA) is 18.5 Å². The van der Waals surface area contributed by atoms with Crippen molar-refractivity contribution in [3.05, 3.63) is 54.1 Å². The van der Waals surface area contributed by atoms with Crippen LogP contribution in [0.15, 0.2) is 48.6 Å². The molecule has 4 rings (SSSR count). The van der Waals surface area contributed by atoms with Gasteiger partial charge in [-0.25, -0.2) is 0 Å². The van der Waals surface area contributed by atoms with Gasteiger partial charge < -0.3 is 9.47 Å². The van der Waals surface area contributed by atoms with Crippen LogP contribution in [0.25, 0.3) is 5.57 Å². The molecule has 1 saturated carbocycles. The van der Waals surface area contributed by atoms with Crippen molar-refractivity contribution >= 4 is 5.57 Å².